The molecule has 1 aliphatic rings. The second kappa shape index (κ2) is 5.76. The number of rotatable bonds is 4. The molecule has 1 aliphatic carbocycles. The second-order valence-corrected chi connectivity index (χ2v) is 6.96. The average molecular weight is 359 g/mol. The van der Waals surface area contributed by atoms with Crippen LogP contribution in [-0.2, 0) is 5.41 Å². The zero-order valence-electron chi connectivity index (χ0n) is 12.5. The molecular weight excluding hydrogens is 340 g/mol. The molecule has 0 aliphatic heterocycles. The van der Waals surface area contributed by atoms with E-state index >= 15 is 0 Å². The van der Waals surface area contributed by atoms with Gasteiger partial charge in [-0.25, -0.2) is 0 Å². The maximum absolute atomic E-state index is 12.4. The van der Waals surface area contributed by atoms with Crippen molar-refractivity contribution in [3.63, 3.8) is 0 Å². The summed E-state index contributed by atoms with van der Waals surface area (Å²) < 4.78 is 1.08. The number of hydrogen-bond donors (Lipinski definition) is 2. The third kappa shape index (κ3) is 3.02. The smallest absolute Gasteiger partial charge is 0.251 e. The van der Waals surface area contributed by atoms with Gasteiger partial charge in [-0.05, 0) is 55.2 Å². The molecule has 4 heteroatoms. The van der Waals surface area contributed by atoms with Crippen LogP contribution < -0.4 is 11.1 Å². The lowest BCUT2D eigenvalue weighted by atomic mass is 9.96. The summed E-state index contributed by atoms with van der Waals surface area (Å²) in [6.45, 7) is 2.59. The predicted octanol–water partition coefficient (Wildman–Crippen LogP) is 3.80. The summed E-state index contributed by atoms with van der Waals surface area (Å²) in [5, 5.41) is 3.08. The van der Waals surface area contributed by atoms with E-state index in [1.165, 1.54) is 5.56 Å². The first-order chi connectivity index (χ1) is 10.5. The van der Waals surface area contributed by atoms with Crippen LogP contribution in [0.5, 0.6) is 0 Å². The first-order valence-corrected chi connectivity index (χ1v) is 8.20. The van der Waals surface area contributed by atoms with E-state index in [1.807, 2.05) is 31.2 Å². The molecule has 0 aromatic heterocycles. The number of nitrogens with one attached hydrogen (secondary N) is 1. The molecule has 114 valence electrons. The summed E-state index contributed by atoms with van der Waals surface area (Å²) in [6.07, 6.45) is 2.22. The van der Waals surface area contributed by atoms with E-state index in [1.54, 1.807) is 6.07 Å². The molecule has 3 nitrogen and oxygen atoms in total. The van der Waals surface area contributed by atoms with Crippen LogP contribution >= 0.6 is 15.9 Å². The predicted molar refractivity (Wildman–Crippen MR) is 93.0 cm³/mol. The number of nitrogens with two attached hydrogens (primary N) is 1. The van der Waals surface area contributed by atoms with Crippen LogP contribution in [0.3, 0.4) is 0 Å². The first-order valence-electron chi connectivity index (χ1n) is 7.41. The standard InChI is InChI=1S/C18H19BrN2O/c1-12-5-6-15(20)10-16(12)17(22)21-11-18(7-8-18)13-3-2-4-14(19)9-13/h2-6,9-10H,7-8,11,20H2,1H3,(H,21,22). The van der Waals surface area contributed by atoms with Crippen LogP contribution in [0.1, 0.15) is 34.3 Å². The zero-order chi connectivity index (χ0) is 15.7. The highest BCUT2D eigenvalue weighted by Crippen LogP contribution is 2.48. The monoisotopic (exact) mass is 358 g/mol. The number of carbonyl (C=O) groups excluding carboxylic acids is 1. The Morgan fingerprint density at radius 1 is 1.27 bits per heavy atom. The minimum absolute atomic E-state index is 0.0499. The number of nitrogen functional groups attached to an aromatic ring is 1. The average Bonchev–Trinajstić information content (AvgIpc) is 3.28. The topological polar surface area (TPSA) is 55.1 Å². The fourth-order valence-electron chi connectivity index (χ4n) is 2.77. The first kappa shape index (κ1) is 15.1. The number of hydrogen-bond acceptors (Lipinski definition) is 2. The van der Waals surface area contributed by atoms with Gasteiger partial charge in [0, 0.05) is 27.7 Å². The quantitative estimate of drug-likeness (QED) is 0.816. The van der Waals surface area contributed by atoms with Crippen molar-refractivity contribution in [1.29, 1.82) is 0 Å². The van der Waals surface area contributed by atoms with Crippen molar-refractivity contribution < 1.29 is 4.79 Å². The molecule has 22 heavy (non-hydrogen) atoms. The molecule has 2 aromatic carbocycles. The Hall–Kier alpha value is -1.81. The highest BCUT2D eigenvalue weighted by molar-refractivity contribution is 9.10. The molecule has 1 fully saturated rings. The van der Waals surface area contributed by atoms with E-state index in [9.17, 15) is 4.79 Å². The van der Waals surface area contributed by atoms with Crippen molar-refractivity contribution in [2.75, 3.05) is 12.3 Å². The highest BCUT2D eigenvalue weighted by atomic mass is 79.9. The lowest BCUT2D eigenvalue weighted by Gasteiger charge is -2.17. The van der Waals surface area contributed by atoms with E-state index in [4.69, 9.17) is 5.73 Å². The lowest BCUT2D eigenvalue weighted by Crippen LogP contribution is -2.32. The largest absolute Gasteiger partial charge is 0.399 e. The molecule has 0 heterocycles. The minimum Gasteiger partial charge on any atom is -0.399 e. The summed E-state index contributed by atoms with van der Waals surface area (Å²) in [5.41, 5.74) is 9.37. The molecule has 3 rings (SSSR count). The molecule has 0 saturated heterocycles. The Morgan fingerprint density at radius 2 is 2.05 bits per heavy atom. The van der Waals surface area contributed by atoms with Gasteiger partial charge >= 0.3 is 0 Å². The van der Waals surface area contributed by atoms with Crippen molar-refractivity contribution in [2.24, 2.45) is 0 Å². The minimum atomic E-state index is -0.0499. The van der Waals surface area contributed by atoms with E-state index in [0.717, 1.165) is 22.9 Å². The van der Waals surface area contributed by atoms with Crippen LogP contribution in [-0.4, -0.2) is 12.5 Å². The SMILES string of the molecule is Cc1ccc(N)cc1C(=O)NCC1(c2cccc(Br)c2)CC1. The third-order valence-corrected chi connectivity index (χ3v) is 4.88. The number of aryl methyl sites for hydroxylation is 1. The van der Waals surface area contributed by atoms with Gasteiger partial charge in [0.25, 0.3) is 5.91 Å². The maximum Gasteiger partial charge on any atom is 0.251 e. The van der Waals surface area contributed by atoms with Crippen LogP contribution in [0.4, 0.5) is 5.69 Å². The number of halogens is 1. The summed E-state index contributed by atoms with van der Waals surface area (Å²) in [4.78, 5) is 12.4. The molecule has 0 atom stereocenters. The van der Waals surface area contributed by atoms with E-state index in [0.29, 0.717) is 17.8 Å². The van der Waals surface area contributed by atoms with Gasteiger partial charge in [0.05, 0.1) is 0 Å². The van der Waals surface area contributed by atoms with Crippen molar-refractivity contribution in [3.05, 3.63) is 63.6 Å². The fraction of sp³-hybridized carbons (Fsp3) is 0.278. The van der Waals surface area contributed by atoms with Crippen molar-refractivity contribution in [2.45, 2.75) is 25.2 Å². The van der Waals surface area contributed by atoms with Gasteiger partial charge in [-0.2, -0.15) is 0 Å². The van der Waals surface area contributed by atoms with Gasteiger partial charge in [-0.1, -0.05) is 34.1 Å². The maximum atomic E-state index is 12.4. The van der Waals surface area contributed by atoms with Gasteiger partial charge in [0.2, 0.25) is 0 Å². The third-order valence-electron chi connectivity index (χ3n) is 4.38. The second-order valence-electron chi connectivity index (χ2n) is 6.05. The van der Waals surface area contributed by atoms with Crippen molar-refractivity contribution in [3.8, 4) is 0 Å². The Balaban J connectivity index is 1.72. The van der Waals surface area contributed by atoms with Crippen LogP contribution in [0.2, 0.25) is 0 Å². The summed E-state index contributed by atoms with van der Waals surface area (Å²) in [6, 6.07) is 13.8. The Kier molecular flexibility index (Phi) is 3.96. The molecule has 0 unspecified atom stereocenters. The highest BCUT2D eigenvalue weighted by Gasteiger charge is 2.44. The lowest BCUT2D eigenvalue weighted by molar-refractivity contribution is 0.0949. The van der Waals surface area contributed by atoms with Gasteiger partial charge in [0.1, 0.15) is 0 Å². The van der Waals surface area contributed by atoms with Gasteiger partial charge in [-0.15, -0.1) is 0 Å². The molecular formula is C18H19BrN2O. The fourth-order valence-corrected chi connectivity index (χ4v) is 3.16. The van der Waals surface area contributed by atoms with Gasteiger partial charge in [0.15, 0.2) is 0 Å². The molecule has 0 bridgehead atoms. The number of amides is 1. The number of benzene rings is 2. The number of anilines is 1. The van der Waals surface area contributed by atoms with Crippen molar-refractivity contribution in [1.82, 2.24) is 5.32 Å². The molecule has 0 radical (unpaired) electrons. The summed E-state index contributed by atoms with van der Waals surface area (Å²) >= 11 is 3.52. The molecule has 2 aromatic rings. The Morgan fingerprint density at radius 3 is 2.73 bits per heavy atom. The van der Waals surface area contributed by atoms with Gasteiger partial charge in [-0.3, -0.25) is 4.79 Å². The van der Waals surface area contributed by atoms with Crippen LogP contribution in [0.15, 0.2) is 46.9 Å². The Labute approximate surface area is 139 Å². The van der Waals surface area contributed by atoms with Gasteiger partial charge < -0.3 is 11.1 Å². The summed E-state index contributed by atoms with van der Waals surface area (Å²) in [5.74, 6) is -0.0499. The molecule has 0 spiro atoms. The summed E-state index contributed by atoms with van der Waals surface area (Å²) in [7, 11) is 0. The molecule has 1 amide bonds. The zero-order valence-corrected chi connectivity index (χ0v) is 14.1. The van der Waals surface area contributed by atoms with Crippen LogP contribution in [0.25, 0.3) is 0 Å². The molecule has 1 saturated carbocycles. The molecule has 3 N–H and O–H groups in total. The van der Waals surface area contributed by atoms with Crippen molar-refractivity contribution >= 4 is 27.5 Å². The van der Waals surface area contributed by atoms with E-state index in [-0.39, 0.29) is 11.3 Å². The van der Waals surface area contributed by atoms with E-state index in [2.05, 4.69) is 33.4 Å². The van der Waals surface area contributed by atoms with Crippen LogP contribution in [0, 0.1) is 6.92 Å². The Bertz CT molecular complexity index is 723. The normalized spacial score (nSPS) is 15.4. The van der Waals surface area contributed by atoms with E-state index < -0.39 is 0 Å². The number of carbonyl (C=O) groups is 1.